The summed E-state index contributed by atoms with van der Waals surface area (Å²) in [5.74, 6) is -0.292. The molecule has 0 aliphatic rings. The Morgan fingerprint density at radius 2 is 1.83 bits per heavy atom. The van der Waals surface area contributed by atoms with E-state index in [1.807, 2.05) is 24.3 Å². The Morgan fingerprint density at radius 1 is 1.22 bits per heavy atom. The van der Waals surface area contributed by atoms with E-state index in [-0.39, 0.29) is 17.5 Å². The normalized spacial score (nSPS) is 11.7. The van der Waals surface area contributed by atoms with Crippen molar-refractivity contribution >= 4 is 43.2 Å². The molecule has 0 aliphatic heterocycles. The van der Waals surface area contributed by atoms with Crippen molar-refractivity contribution in [2.45, 2.75) is 5.03 Å². The minimum atomic E-state index is -3.79. The lowest BCUT2D eigenvalue weighted by molar-refractivity contribution is -0.128. The predicted octanol–water partition coefficient (Wildman–Crippen LogP) is 2.28. The molecule has 2 aromatic rings. The van der Waals surface area contributed by atoms with Crippen LogP contribution in [0, 0.1) is 0 Å². The summed E-state index contributed by atoms with van der Waals surface area (Å²) in [6.07, 6.45) is 0. The number of amides is 1. The Hall–Kier alpha value is -1.29. The van der Waals surface area contributed by atoms with E-state index >= 15 is 0 Å². The number of nitrogens with zero attached hydrogens (tertiary/aromatic N) is 3. The number of hydrogen-bond donors (Lipinski definition) is 0. The number of likely N-dealkylation sites (N-methyl/N-ethyl adjacent to an activating group) is 2. The Bertz CT molecular complexity index is 801. The topological polar surface area (TPSA) is 70.6 Å². The van der Waals surface area contributed by atoms with Crippen molar-refractivity contribution in [3.05, 3.63) is 34.1 Å². The molecule has 0 N–H and O–H groups in total. The lowest BCUT2D eigenvalue weighted by atomic mass is 10.2. The van der Waals surface area contributed by atoms with Gasteiger partial charge >= 0.3 is 0 Å². The van der Waals surface area contributed by atoms with Crippen LogP contribution in [-0.2, 0) is 14.8 Å². The summed E-state index contributed by atoms with van der Waals surface area (Å²) in [4.78, 5) is 17.2. The maximum atomic E-state index is 12.5. The van der Waals surface area contributed by atoms with E-state index in [9.17, 15) is 13.2 Å². The Morgan fingerprint density at radius 3 is 2.39 bits per heavy atom. The van der Waals surface area contributed by atoms with Gasteiger partial charge in [-0.3, -0.25) is 4.79 Å². The maximum absolute atomic E-state index is 12.5. The first-order valence-electron chi connectivity index (χ1n) is 6.60. The highest BCUT2D eigenvalue weighted by atomic mass is 79.9. The van der Waals surface area contributed by atoms with E-state index in [0.717, 1.165) is 14.3 Å². The van der Waals surface area contributed by atoms with Crippen molar-refractivity contribution in [2.24, 2.45) is 0 Å². The molecular weight excluding hydrogens is 402 g/mol. The fourth-order valence-electron chi connectivity index (χ4n) is 1.68. The molecule has 0 bridgehead atoms. The number of hydrogen-bond acceptors (Lipinski definition) is 5. The van der Waals surface area contributed by atoms with Gasteiger partial charge in [0.05, 0.1) is 6.54 Å². The fourth-order valence-corrected chi connectivity index (χ4v) is 4.13. The highest BCUT2D eigenvalue weighted by molar-refractivity contribution is 9.10. The van der Waals surface area contributed by atoms with Gasteiger partial charge in [-0.2, -0.15) is 4.31 Å². The molecule has 0 aliphatic carbocycles. The number of thiazole rings is 1. The van der Waals surface area contributed by atoms with Gasteiger partial charge < -0.3 is 4.90 Å². The SMILES string of the molecule is CN(C)C(=O)CN(C)S(=O)(=O)c1csc(-c2ccc(Br)cc2)n1. The first-order chi connectivity index (χ1) is 10.7. The second-order valence-corrected chi connectivity index (χ2v) is 8.81. The molecule has 0 atom stereocenters. The van der Waals surface area contributed by atoms with Crippen molar-refractivity contribution in [1.82, 2.24) is 14.2 Å². The molecule has 0 spiro atoms. The summed E-state index contributed by atoms with van der Waals surface area (Å²) in [7, 11) is 0.745. The van der Waals surface area contributed by atoms with Gasteiger partial charge in [-0.1, -0.05) is 28.1 Å². The Labute approximate surface area is 147 Å². The monoisotopic (exact) mass is 417 g/mol. The minimum Gasteiger partial charge on any atom is -0.348 e. The van der Waals surface area contributed by atoms with Crippen molar-refractivity contribution in [3.63, 3.8) is 0 Å². The van der Waals surface area contributed by atoms with Crippen LogP contribution in [0.1, 0.15) is 0 Å². The first-order valence-corrected chi connectivity index (χ1v) is 9.71. The van der Waals surface area contributed by atoms with E-state index in [2.05, 4.69) is 20.9 Å². The molecule has 0 fully saturated rings. The van der Waals surface area contributed by atoms with Crippen LogP contribution in [0.3, 0.4) is 0 Å². The van der Waals surface area contributed by atoms with Gasteiger partial charge in [0.2, 0.25) is 5.91 Å². The highest BCUT2D eigenvalue weighted by Gasteiger charge is 2.26. The van der Waals surface area contributed by atoms with Gasteiger partial charge in [-0.15, -0.1) is 11.3 Å². The quantitative estimate of drug-likeness (QED) is 0.747. The van der Waals surface area contributed by atoms with Crippen molar-refractivity contribution in [1.29, 1.82) is 0 Å². The van der Waals surface area contributed by atoms with Crippen LogP contribution in [0.5, 0.6) is 0 Å². The molecule has 1 aromatic heterocycles. The zero-order valence-electron chi connectivity index (χ0n) is 12.9. The number of rotatable bonds is 5. The summed E-state index contributed by atoms with van der Waals surface area (Å²) >= 11 is 4.60. The molecule has 0 radical (unpaired) electrons. The van der Waals surface area contributed by atoms with Crippen LogP contribution in [0.25, 0.3) is 10.6 Å². The molecule has 2 rings (SSSR count). The number of aromatic nitrogens is 1. The van der Waals surface area contributed by atoms with Crippen molar-refractivity contribution < 1.29 is 13.2 Å². The summed E-state index contributed by atoms with van der Waals surface area (Å²) in [5.41, 5.74) is 0.840. The van der Waals surface area contributed by atoms with E-state index in [4.69, 9.17) is 0 Å². The second-order valence-electron chi connectivity index (χ2n) is 5.05. The molecule has 0 unspecified atom stereocenters. The highest BCUT2D eigenvalue weighted by Crippen LogP contribution is 2.27. The third-order valence-corrected chi connectivity index (χ3v) is 6.36. The molecule has 23 heavy (non-hydrogen) atoms. The van der Waals surface area contributed by atoms with Crippen LogP contribution >= 0.6 is 27.3 Å². The number of halogens is 1. The molecule has 1 aromatic carbocycles. The van der Waals surface area contributed by atoms with E-state index in [1.54, 1.807) is 14.1 Å². The molecule has 1 amide bonds. The van der Waals surface area contributed by atoms with Crippen LogP contribution < -0.4 is 0 Å². The van der Waals surface area contributed by atoms with Gasteiger partial charge in [0.1, 0.15) is 5.01 Å². The largest absolute Gasteiger partial charge is 0.348 e. The molecule has 6 nitrogen and oxygen atoms in total. The average Bonchev–Trinajstić information content (AvgIpc) is 2.98. The van der Waals surface area contributed by atoms with E-state index < -0.39 is 10.0 Å². The lowest BCUT2D eigenvalue weighted by Crippen LogP contribution is -2.37. The Balaban J connectivity index is 2.24. The molecule has 9 heteroatoms. The molecule has 0 saturated heterocycles. The van der Waals surface area contributed by atoms with Crippen LogP contribution in [0.15, 0.2) is 39.1 Å². The zero-order chi connectivity index (χ0) is 17.2. The number of sulfonamides is 1. The van der Waals surface area contributed by atoms with Gasteiger partial charge in [0.15, 0.2) is 5.03 Å². The van der Waals surface area contributed by atoms with Crippen molar-refractivity contribution in [2.75, 3.05) is 27.7 Å². The van der Waals surface area contributed by atoms with Gasteiger partial charge in [-0.25, -0.2) is 13.4 Å². The first kappa shape index (κ1) is 18.1. The van der Waals surface area contributed by atoms with Crippen LogP contribution in [0.2, 0.25) is 0 Å². The van der Waals surface area contributed by atoms with Gasteiger partial charge in [-0.05, 0) is 12.1 Å². The third kappa shape index (κ3) is 4.17. The van der Waals surface area contributed by atoms with E-state index in [1.165, 1.54) is 28.7 Å². The summed E-state index contributed by atoms with van der Waals surface area (Å²) in [6.45, 7) is -0.222. The molecule has 0 saturated carbocycles. The van der Waals surface area contributed by atoms with Crippen LogP contribution in [-0.4, -0.2) is 56.2 Å². The van der Waals surface area contributed by atoms with Crippen molar-refractivity contribution in [3.8, 4) is 10.6 Å². The summed E-state index contributed by atoms with van der Waals surface area (Å²) < 4.78 is 26.9. The fraction of sp³-hybridized carbons (Fsp3) is 0.286. The van der Waals surface area contributed by atoms with Gasteiger partial charge in [0, 0.05) is 36.6 Å². The average molecular weight is 418 g/mol. The number of carbonyl (C=O) groups is 1. The van der Waals surface area contributed by atoms with E-state index in [0.29, 0.717) is 5.01 Å². The summed E-state index contributed by atoms with van der Waals surface area (Å²) in [6, 6.07) is 7.46. The molecular formula is C14H16BrN3O3S2. The number of benzene rings is 1. The Kier molecular flexibility index (Phi) is 5.56. The molecule has 124 valence electrons. The zero-order valence-corrected chi connectivity index (χ0v) is 16.1. The van der Waals surface area contributed by atoms with Crippen LogP contribution in [0.4, 0.5) is 0 Å². The second kappa shape index (κ2) is 7.08. The minimum absolute atomic E-state index is 0.0468. The lowest BCUT2D eigenvalue weighted by Gasteiger charge is -2.17. The standard InChI is InChI=1S/C14H16BrN3O3S2/c1-17(2)13(19)8-18(3)23(20,21)12-9-22-14(16-12)10-4-6-11(15)7-5-10/h4-7,9H,8H2,1-3H3. The smallest absolute Gasteiger partial charge is 0.261 e. The molecule has 1 heterocycles. The third-order valence-electron chi connectivity index (χ3n) is 3.11. The predicted molar refractivity (Wildman–Crippen MR) is 93.8 cm³/mol. The maximum Gasteiger partial charge on any atom is 0.261 e. The number of carbonyl (C=O) groups excluding carboxylic acids is 1. The van der Waals surface area contributed by atoms with Gasteiger partial charge in [0.25, 0.3) is 10.0 Å². The summed E-state index contributed by atoms with van der Waals surface area (Å²) in [5, 5.41) is 2.06.